The van der Waals surface area contributed by atoms with Crippen molar-refractivity contribution in [2.75, 3.05) is 11.9 Å². The molecule has 2 nitrogen and oxygen atoms in total. The lowest BCUT2D eigenvalue weighted by Gasteiger charge is -2.38. The van der Waals surface area contributed by atoms with E-state index in [1.165, 1.54) is 11.3 Å². The summed E-state index contributed by atoms with van der Waals surface area (Å²) < 4.78 is 7.02. The Hall–Kier alpha value is -0.540. The lowest BCUT2D eigenvalue weighted by Crippen LogP contribution is -2.41. The summed E-state index contributed by atoms with van der Waals surface area (Å²) in [5, 5.41) is 3.65. The summed E-state index contributed by atoms with van der Waals surface area (Å²) >= 11 is 3.61. The maximum Gasteiger partial charge on any atom is 0.0671 e. The Morgan fingerprint density at radius 3 is 3.00 bits per heavy atom. The molecule has 1 aromatic rings. The van der Waals surface area contributed by atoms with Crippen molar-refractivity contribution in [3.63, 3.8) is 0 Å². The van der Waals surface area contributed by atoms with Crippen molar-refractivity contribution in [2.45, 2.75) is 51.7 Å². The van der Waals surface area contributed by atoms with Gasteiger partial charge < -0.3 is 10.1 Å². The topological polar surface area (TPSA) is 21.3 Å². The average Bonchev–Trinajstić information content (AvgIpc) is 2.34. The number of halogens is 1. The van der Waals surface area contributed by atoms with Gasteiger partial charge in [-0.1, -0.05) is 13.0 Å². The van der Waals surface area contributed by atoms with Crippen molar-refractivity contribution < 1.29 is 4.74 Å². The van der Waals surface area contributed by atoms with Gasteiger partial charge in [0.1, 0.15) is 0 Å². The van der Waals surface area contributed by atoms with Crippen molar-refractivity contribution in [2.24, 2.45) is 0 Å². The van der Waals surface area contributed by atoms with E-state index in [-0.39, 0.29) is 5.60 Å². The molecule has 3 heteroatoms. The molecule has 1 heterocycles. The fourth-order valence-corrected chi connectivity index (χ4v) is 2.83. The highest BCUT2D eigenvalue weighted by molar-refractivity contribution is 9.10. The molecule has 1 aliphatic rings. The second kappa shape index (κ2) is 5.62. The fraction of sp³-hybridized carbons (Fsp3) is 0.600. The van der Waals surface area contributed by atoms with Gasteiger partial charge in [-0.15, -0.1) is 0 Å². The van der Waals surface area contributed by atoms with Crippen LogP contribution in [0.5, 0.6) is 0 Å². The summed E-state index contributed by atoms with van der Waals surface area (Å²) in [5.74, 6) is 0. The highest BCUT2D eigenvalue weighted by Gasteiger charge is 2.31. The lowest BCUT2D eigenvalue weighted by molar-refractivity contribution is -0.0708. The first-order chi connectivity index (χ1) is 8.52. The maximum atomic E-state index is 5.88. The predicted octanol–water partition coefficient (Wildman–Crippen LogP) is 4.52. The van der Waals surface area contributed by atoms with Crippen LogP contribution in [-0.4, -0.2) is 18.2 Å². The molecule has 0 radical (unpaired) electrons. The summed E-state index contributed by atoms with van der Waals surface area (Å²) in [6.45, 7) is 7.39. The number of hydrogen-bond acceptors (Lipinski definition) is 2. The number of rotatable bonds is 3. The first kappa shape index (κ1) is 13.9. The SMILES string of the molecule is CCC1(C)CC(Nc2cc(C)ccc2Br)CCO1. The van der Waals surface area contributed by atoms with Crippen LogP contribution in [0.2, 0.25) is 0 Å². The van der Waals surface area contributed by atoms with Crippen LogP contribution in [0.4, 0.5) is 5.69 Å². The lowest BCUT2D eigenvalue weighted by atomic mass is 9.90. The zero-order valence-electron chi connectivity index (χ0n) is 11.4. The minimum Gasteiger partial charge on any atom is -0.381 e. The van der Waals surface area contributed by atoms with Gasteiger partial charge in [-0.3, -0.25) is 0 Å². The molecule has 0 saturated carbocycles. The Bertz CT molecular complexity index is 421. The second-order valence-corrected chi connectivity index (χ2v) is 6.32. The van der Waals surface area contributed by atoms with E-state index in [2.05, 4.69) is 60.2 Å². The molecule has 0 amide bonds. The Balaban J connectivity index is 2.07. The Morgan fingerprint density at radius 2 is 2.28 bits per heavy atom. The molecule has 1 N–H and O–H groups in total. The van der Waals surface area contributed by atoms with Gasteiger partial charge in [0.15, 0.2) is 0 Å². The third-order valence-electron chi connectivity index (χ3n) is 3.82. The minimum atomic E-state index is 0.0339. The van der Waals surface area contributed by atoms with Gasteiger partial charge in [0.05, 0.1) is 5.60 Å². The summed E-state index contributed by atoms with van der Waals surface area (Å²) in [6.07, 6.45) is 3.22. The first-order valence-corrected chi connectivity index (χ1v) is 7.48. The Labute approximate surface area is 118 Å². The quantitative estimate of drug-likeness (QED) is 0.886. The normalized spacial score (nSPS) is 28.1. The van der Waals surface area contributed by atoms with Crippen LogP contribution in [0.25, 0.3) is 0 Å². The molecule has 1 aliphatic heterocycles. The molecule has 2 rings (SSSR count). The Morgan fingerprint density at radius 1 is 1.50 bits per heavy atom. The zero-order valence-corrected chi connectivity index (χ0v) is 13.0. The molecule has 0 bridgehead atoms. The van der Waals surface area contributed by atoms with Crippen LogP contribution in [0.15, 0.2) is 22.7 Å². The third-order valence-corrected chi connectivity index (χ3v) is 4.52. The van der Waals surface area contributed by atoms with Crippen LogP contribution < -0.4 is 5.32 Å². The molecular weight excluding hydrogens is 290 g/mol. The number of benzene rings is 1. The number of anilines is 1. The van der Waals surface area contributed by atoms with Crippen molar-refractivity contribution in [1.82, 2.24) is 0 Å². The summed E-state index contributed by atoms with van der Waals surface area (Å²) in [5.41, 5.74) is 2.51. The number of ether oxygens (including phenoxy) is 1. The highest BCUT2D eigenvalue weighted by atomic mass is 79.9. The van der Waals surface area contributed by atoms with Gasteiger partial charge >= 0.3 is 0 Å². The standard InChI is InChI=1S/C15H22BrNO/c1-4-15(3)10-12(7-8-18-15)17-14-9-11(2)5-6-13(14)16/h5-6,9,12,17H,4,7-8,10H2,1-3H3. The number of hydrogen-bond donors (Lipinski definition) is 1. The fourth-order valence-electron chi connectivity index (χ4n) is 2.47. The molecule has 1 aromatic carbocycles. The maximum absolute atomic E-state index is 5.88. The zero-order chi connectivity index (χ0) is 13.2. The first-order valence-electron chi connectivity index (χ1n) is 6.69. The van der Waals surface area contributed by atoms with Gasteiger partial charge in [0.2, 0.25) is 0 Å². The van der Waals surface area contributed by atoms with E-state index in [9.17, 15) is 0 Å². The highest BCUT2D eigenvalue weighted by Crippen LogP contribution is 2.31. The van der Waals surface area contributed by atoms with Gasteiger partial charge in [-0.05, 0) is 66.7 Å². The number of aryl methyl sites for hydroxylation is 1. The van der Waals surface area contributed by atoms with Crippen LogP contribution in [0, 0.1) is 6.92 Å². The monoisotopic (exact) mass is 311 g/mol. The molecule has 18 heavy (non-hydrogen) atoms. The van der Waals surface area contributed by atoms with Crippen LogP contribution in [0.1, 0.15) is 38.7 Å². The summed E-state index contributed by atoms with van der Waals surface area (Å²) in [7, 11) is 0. The van der Waals surface area contributed by atoms with Crippen molar-refractivity contribution in [1.29, 1.82) is 0 Å². The smallest absolute Gasteiger partial charge is 0.0671 e. The molecule has 100 valence electrons. The molecule has 1 fully saturated rings. The van der Waals surface area contributed by atoms with E-state index < -0.39 is 0 Å². The molecule has 0 aromatic heterocycles. The van der Waals surface area contributed by atoms with E-state index in [4.69, 9.17) is 4.74 Å². The summed E-state index contributed by atoms with van der Waals surface area (Å²) in [4.78, 5) is 0. The van der Waals surface area contributed by atoms with E-state index in [0.717, 1.165) is 30.3 Å². The Kier molecular flexibility index (Phi) is 4.33. The molecule has 0 spiro atoms. The number of nitrogens with one attached hydrogen (secondary N) is 1. The van der Waals surface area contributed by atoms with Crippen molar-refractivity contribution in [3.8, 4) is 0 Å². The van der Waals surface area contributed by atoms with Gasteiger partial charge in [0.25, 0.3) is 0 Å². The average molecular weight is 312 g/mol. The largest absolute Gasteiger partial charge is 0.381 e. The van der Waals surface area contributed by atoms with Gasteiger partial charge in [-0.25, -0.2) is 0 Å². The molecule has 2 atom stereocenters. The molecular formula is C15H22BrNO. The van der Waals surface area contributed by atoms with Gasteiger partial charge in [-0.2, -0.15) is 0 Å². The molecule has 2 unspecified atom stereocenters. The summed E-state index contributed by atoms with van der Waals surface area (Å²) in [6, 6.07) is 6.93. The second-order valence-electron chi connectivity index (χ2n) is 5.47. The van der Waals surface area contributed by atoms with Crippen molar-refractivity contribution in [3.05, 3.63) is 28.2 Å². The van der Waals surface area contributed by atoms with Gasteiger partial charge in [0, 0.05) is 22.8 Å². The van der Waals surface area contributed by atoms with Crippen LogP contribution >= 0.6 is 15.9 Å². The predicted molar refractivity (Wildman–Crippen MR) is 80.2 cm³/mol. The minimum absolute atomic E-state index is 0.0339. The molecule has 0 aliphatic carbocycles. The van der Waals surface area contributed by atoms with E-state index in [1.807, 2.05) is 0 Å². The molecule has 1 saturated heterocycles. The van der Waals surface area contributed by atoms with E-state index >= 15 is 0 Å². The van der Waals surface area contributed by atoms with E-state index in [0.29, 0.717) is 6.04 Å². The third kappa shape index (κ3) is 3.27. The van der Waals surface area contributed by atoms with E-state index in [1.54, 1.807) is 0 Å². The van der Waals surface area contributed by atoms with Crippen LogP contribution in [-0.2, 0) is 4.74 Å². The van der Waals surface area contributed by atoms with Crippen LogP contribution in [0.3, 0.4) is 0 Å². The van der Waals surface area contributed by atoms with Crippen molar-refractivity contribution >= 4 is 21.6 Å².